The van der Waals surface area contributed by atoms with Crippen LogP contribution >= 0.6 is 0 Å². The highest BCUT2D eigenvalue weighted by atomic mass is 16.5. The number of imide groups is 1. The summed E-state index contributed by atoms with van der Waals surface area (Å²) in [5, 5.41) is 2.03. The van der Waals surface area contributed by atoms with E-state index in [1.165, 1.54) is 12.2 Å². The molecule has 0 aromatic rings. The lowest BCUT2D eigenvalue weighted by atomic mass is 10.1. The SMILES string of the molecule is CCCC(=O)OCCC(C)C.O=C1C=CC(=O)N1. The largest absolute Gasteiger partial charge is 0.466 e. The van der Waals surface area contributed by atoms with Gasteiger partial charge in [-0.2, -0.15) is 0 Å². The summed E-state index contributed by atoms with van der Waals surface area (Å²) in [6.45, 7) is 6.79. The van der Waals surface area contributed by atoms with Crippen molar-refractivity contribution in [1.29, 1.82) is 0 Å². The topological polar surface area (TPSA) is 72.5 Å². The van der Waals surface area contributed by atoms with Gasteiger partial charge in [-0.3, -0.25) is 19.7 Å². The molecular formula is C13H21NO4. The van der Waals surface area contributed by atoms with Gasteiger partial charge in [-0.1, -0.05) is 20.8 Å². The van der Waals surface area contributed by atoms with Crippen LogP contribution < -0.4 is 5.32 Å². The van der Waals surface area contributed by atoms with E-state index in [4.69, 9.17) is 4.74 Å². The van der Waals surface area contributed by atoms with Gasteiger partial charge in [-0.05, 0) is 18.8 Å². The maximum absolute atomic E-state index is 10.8. The van der Waals surface area contributed by atoms with Crippen LogP contribution in [0.5, 0.6) is 0 Å². The van der Waals surface area contributed by atoms with Crippen molar-refractivity contribution in [2.45, 2.75) is 40.0 Å². The van der Waals surface area contributed by atoms with Crippen LogP contribution in [0.25, 0.3) is 0 Å². The van der Waals surface area contributed by atoms with E-state index in [1.807, 2.05) is 12.2 Å². The van der Waals surface area contributed by atoms with Crippen LogP contribution in [-0.2, 0) is 19.1 Å². The lowest BCUT2D eigenvalue weighted by Gasteiger charge is -2.05. The second-order valence-corrected chi connectivity index (χ2v) is 4.34. The van der Waals surface area contributed by atoms with E-state index < -0.39 is 0 Å². The van der Waals surface area contributed by atoms with Crippen molar-refractivity contribution < 1.29 is 19.1 Å². The molecule has 1 aliphatic heterocycles. The first kappa shape index (κ1) is 16.4. The Hall–Kier alpha value is -1.65. The van der Waals surface area contributed by atoms with Crippen LogP contribution in [0.3, 0.4) is 0 Å². The number of esters is 1. The average molecular weight is 255 g/mol. The molecule has 0 aromatic carbocycles. The minimum absolute atomic E-state index is 0.0619. The van der Waals surface area contributed by atoms with E-state index >= 15 is 0 Å². The van der Waals surface area contributed by atoms with Gasteiger partial charge in [0.2, 0.25) is 0 Å². The van der Waals surface area contributed by atoms with E-state index in [0.29, 0.717) is 18.9 Å². The number of nitrogens with one attached hydrogen (secondary N) is 1. The Kier molecular flexibility index (Phi) is 8.53. The zero-order valence-corrected chi connectivity index (χ0v) is 11.2. The van der Waals surface area contributed by atoms with Gasteiger partial charge in [0, 0.05) is 18.6 Å². The van der Waals surface area contributed by atoms with Crippen LogP contribution in [0.15, 0.2) is 12.2 Å². The maximum Gasteiger partial charge on any atom is 0.305 e. The first-order chi connectivity index (χ1) is 8.45. The third kappa shape index (κ3) is 9.57. The molecule has 0 spiro atoms. The molecule has 102 valence electrons. The summed E-state index contributed by atoms with van der Waals surface area (Å²) in [6, 6.07) is 0. The van der Waals surface area contributed by atoms with E-state index in [0.717, 1.165) is 12.8 Å². The Bertz CT molecular complexity index is 305. The fourth-order valence-corrected chi connectivity index (χ4v) is 1.04. The molecule has 2 amide bonds. The molecule has 0 saturated carbocycles. The zero-order chi connectivity index (χ0) is 14.0. The smallest absolute Gasteiger partial charge is 0.305 e. The Morgan fingerprint density at radius 3 is 2.17 bits per heavy atom. The number of carbonyl (C=O) groups is 3. The summed E-state index contributed by atoms with van der Waals surface area (Å²) < 4.78 is 4.95. The molecule has 1 rings (SSSR count). The number of hydrogen-bond donors (Lipinski definition) is 1. The molecule has 0 bridgehead atoms. The monoisotopic (exact) mass is 255 g/mol. The highest BCUT2D eigenvalue weighted by Crippen LogP contribution is 2.00. The molecule has 1 aliphatic rings. The molecule has 0 fully saturated rings. The zero-order valence-electron chi connectivity index (χ0n) is 11.2. The average Bonchev–Trinajstić information content (AvgIpc) is 2.63. The van der Waals surface area contributed by atoms with E-state index in [-0.39, 0.29) is 17.8 Å². The van der Waals surface area contributed by atoms with Crippen LogP contribution in [0.4, 0.5) is 0 Å². The van der Waals surface area contributed by atoms with Gasteiger partial charge in [0.15, 0.2) is 0 Å². The second-order valence-electron chi connectivity index (χ2n) is 4.34. The van der Waals surface area contributed by atoms with Crippen LogP contribution in [-0.4, -0.2) is 24.4 Å². The van der Waals surface area contributed by atoms with Crippen molar-refractivity contribution in [3.63, 3.8) is 0 Å². The van der Waals surface area contributed by atoms with Gasteiger partial charge >= 0.3 is 5.97 Å². The summed E-state index contributed by atoms with van der Waals surface area (Å²) in [6.07, 6.45) is 4.79. The van der Waals surface area contributed by atoms with Crippen molar-refractivity contribution in [2.24, 2.45) is 5.92 Å². The molecule has 0 radical (unpaired) electrons. The Morgan fingerprint density at radius 2 is 1.83 bits per heavy atom. The summed E-state index contributed by atoms with van der Waals surface area (Å²) in [7, 11) is 0. The number of rotatable bonds is 5. The van der Waals surface area contributed by atoms with E-state index in [1.54, 1.807) is 0 Å². The summed E-state index contributed by atoms with van der Waals surface area (Å²) in [5.74, 6) is -0.104. The molecule has 5 heteroatoms. The number of hydrogen-bond acceptors (Lipinski definition) is 4. The molecule has 5 nitrogen and oxygen atoms in total. The van der Waals surface area contributed by atoms with Gasteiger partial charge in [0.1, 0.15) is 0 Å². The van der Waals surface area contributed by atoms with Crippen molar-refractivity contribution >= 4 is 17.8 Å². The summed E-state index contributed by atoms with van der Waals surface area (Å²) >= 11 is 0. The highest BCUT2D eigenvalue weighted by molar-refractivity contribution is 6.12. The summed E-state index contributed by atoms with van der Waals surface area (Å²) in [5.41, 5.74) is 0. The first-order valence-electron chi connectivity index (χ1n) is 6.14. The maximum atomic E-state index is 10.8. The normalized spacial score (nSPS) is 13.1. The molecule has 0 saturated heterocycles. The second kappa shape index (κ2) is 9.39. The number of amides is 2. The fourth-order valence-electron chi connectivity index (χ4n) is 1.04. The van der Waals surface area contributed by atoms with E-state index in [2.05, 4.69) is 13.8 Å². The standard InChI is InChI=1S/C9H18O2.C4H3NO2/c1-4-5-9(10)11-7-6-8(2)3;6-3-1-2-4(7)5-3/h8H,4-7H2,1-3H3;1-2H,(H,5,6,7). The van der Waals surface area contributed by atoms with Crippen LogP contribution in [0.1, 0.15) is 40.0 Å². The molecule has 0 unspecified atom stereocenters. The lowest BCUT2D eigenvalue weighted by molar-refractivity contribution is -0.144. The Balaban J connectivity index is 0.000000351. The predicted octanol–water partition coefficient (Wildman–Crippen LogP) is 1.57. The Labute approximate surface area is 108 Å². The van der Waals surface area contributed by atoms with Crippen molar-refractivity contribution in [3.8, 4) is 0 Å². The minimum atomic E-state index is -0.329. The fraction of sp³-hybridized carbons (Fsp3) is 0.615. The lowest BCUT2D eigenvalue weighted by Crippen LogP contribution is -2.19. The Morgan fingerprint density at radius 1 is 1.28 bits per heavy atom. The molecule has 0 aromatic heterocycles. The van der Waals surface area contributed by atoms with Crippen LogP contribution in [0, 0.1) is 5.92 Å². The predicted molar refractivity (Wildman–Crippen MR) is 67.6 cm³/mol. The third-order valence-corrected chi connectivity index (χ3v) is 2.04. The van der Waals surface area contributed by atoms with Gasteiger partial charge in [0.25, 0.3) is 11.8 Å². The molecule has 1 N–H and O–H groups in total. The van der Waals surface area contributed by atoms with Crippen LogP contribution in [0.2, 0.25) is 0 Å². The molecule has 0 aliphatic carbocycles. The molecule has 18 heavy (non-hydrogen) atoms. The molecule has 1 heterocycles. The third-order valence-electron chi connectivity index (χ3n) is 2.04. The highest BCUT2D eigenvalue weighted by Gasteiger charge is 2.06. The van der Waals surface area contributed by atoms with Crippen molar-refractivity contribution in [3.05, 3.63) is 12.2 Å². The van der Waals surface area contributed by atoms with Gasteiger partial charge in [-0.15, -0.1) is 0 Å². The first-order valence-corrected chi connectivity index (χ1v) is 6.14. The number of carbonyl (C=O) groups excluding carboxylic acids is 3. The number of ether oxygens (including phenoxy) is 1. The van der Waals surface area contributed by atoms with Crippen molar-refractivity contribution in [1.82, 2.24) is 5.32 Å². The van der Waals surface area contributed by atoms with E-state index in [9.17, 15) is 14.4 Å². The van der Waals surface area contributed by atoms with Gasteiger partial charge in [-0.25, -0.2) is 0 Å². The quantitative estimate of drug-likeness (QED) is 0.598. The summed E-state index contributed by atoms with van der Waals surface area (Å²) in [4.78, 5) is 30.9. The molecule has 0 atom stereocenters. The minimum Gasteiger partial charge on any atom is -0.466 e. The molecular weight excluding hydrogens is 234 g/mol. The van der Waals surface area contributed by atoms with Gasteiger partial charge < -0.3 is 4.74 Å². The van der Waals surface area contributed by atoms with Crippen molar-refractivity contribution in [2.75, 3.05) is 6.61 Å². The van der Waals surface area contributed by atoms with Gasteiger partial charge in [0.05, 0.1) is 6.61 Å².